The molecule has 1 aliphatic heterocycles. The molecule has 1 aromatic heterocycles. The highest BCUT2D eigenvalue weighted by atomic mass is 32.2. The van der Waals surface area contributed by atoms with Crippen LogP contribution in [0.3, 0.4) is 0 Å². The number of hydrogen-bond acceptors (Lipinski definition) is 3. The van der Waals surface area contributed by atoms with Gasteiger partial charge in [0.05, 0.1) is 0 Å². The molecule has 0 bridgehead atoms. The second-order valence-corrected chi connectivity index (χ2v) is 6.20. The van der Waals surface area contributed by atoms with Crippen molar-refractivity contribution in [3.63, 3.8) is 0 Å². The smallest absolute Gasteiger partial charge is 0.123 e. The van der Waals surface area contributed by atoms with Crippen molar-refractivity contribution in [3.8, 4) is 0 Å². The fraction of sp³-hybridized carbons (Fsp3) is 0.231. The summed E-state index contributed by atoms with van der Waals surface area (Å²) in [7, 11) is 0. The van der Waals surface area contributed by atoms with E-state index in [4.69, 9.17) is 0 Å². The summed E-state index contributed by atoms with van der Waals surface area (Å²) >= 11 is 3.56. The lowest BCUT2D eigenvalue weighted by Gasteiger charge is -2.25. The summed E-state index contributed by atoms with van der Waals surface area (Å²) in [6.07, 6.45) is 1.13. The van der Waals surface area contributed by atoms with Crippen LogP contribution in [0.4, 0.5) is 4.39 Å². The van der Waals surface area contributed by atoms with Crippen molar-refractivity contribution >= 4 is 23.3 Å². The van der Waals surface area contributed by atoms with Crippen LogP contribution in [0.1, 0.15) is 10.4 Å². The molecule has 3 rings (SSSR count). The van der Waals surface area contributed by atoms with Gasteiger partial charge in [0.15, 0.2) is 0 Å². The van der Waals surface area contributed by atoms with Crippen LogP contribution in [0.2, 0.25) is 0 Å². The Labute approximate surface area is 108 Å². The average Bonchev–Trinajstić information content (AvgIpc) is 2.79. The lowest BCUT2D eigenvalue weighted by atomic mass is 10.1. The third kappa shape index (κ3) is 2.54. The second kappa shape index (κ2) is 4.80. The van der Waals surface area contributed by atoms with Gasteiger partial charge in [0.1, 0.15) is 5.82 Å². The Bertz CT molecular complexity index is 506. The van der Waals surface area contributed by atoms with Gasteiger partial charge in [-0.25, -0.2) is 8.70 Å². The van der Waals surface area contributed by atoms with Crippen molar-refractivity contribution in [1.82, 2.24) is 4.31 Å². The molecule has 17 heavy (non-hydrogen) atoms. The topological polar surface area (TPSA) is 3.24 Å². The van der Waals surface area contributed by atoms with E-state index in [0.717, 1.165) is 24.4 Å². The minimum absolute atomic E-state index is 0.173. The molecule has 0 fully saturated rings. The van der Waals surface area contributed by atoms with Crippen molar-refractivity contribution in [2.45, 2.75) is 17.9 Å². The van der Waals surface area contributed by atoms with Gasteiger partial charge in [-0.15, -0.1) is 11.3 Å². The van der Waals surface area contributed by atoms with Gasteiger partial charge in [-0.1, -0.05) is 0 Å². The molecule has 0 aliphatic carbocycles. The highest BCUT2D eigenvalue weighted by Crippen LogP contribution is 2.31. The number of nitrogens with zero attached hydrogens (tertiary/aromatic N) is 1. The van der Waals surface area contributed by atoms with Gasteiger partial charge in [0, 0.05) is 22.9 Å². The van der Waals surface area contributed by atoms with E-state index in [-0.39, 0.29) is 5.82 Å². The zero-order chi connectivity index (χ0) is 11.7. The lowest BCUT2D eigenvalue weighted by molar-refractivity contribution is 0.448. The Morgan fingerprint density at radius 3 is 2.82 bits per heavy atom. The number of fused-ring (bicyclic) bond motifs is 1. The molecule has 0 saturated carbocycles. The average molecular weight is 265 g/mol. The molecule has 0 spiro atoms. The monoisotopic (exact) mass is 265 g/mol. The second-order valence-electron chi connectivity index (χ2n) is 4.03. The Balaban J connectivity index is 1.69. The number of halogens is 1. The first-order chi connectivity index (χ1) is 8.31. The van der Waals surface area contributed by atoms with Crippen LogP contribution in [0, 0.1) is 5.82 Å². The van der Waals surface area contributed by atoms with Crippen LogP contribution >= 0.6 is 23.3 Å². The fourth-order valence-corrected chi connectivity index (χ4v) is 3.78. The van der Waals surface area contributed by atoms with Crippen LogP contribution in [-0.4, -0.2) is 10.8 Å². The molecule has 0 unspecified atom stereocenters. The summed E-state index contributed by atoms with van der Waals surface area (Å²) < 4.78 is 15.1. The maximum absolute atomic E-state index is 12.8. The number of thiophene rings is 1. The molecule has 0 saturated heterocycles. The molecule has 0 atom stereocenters. The Hall–Kier alpha value is -0.840. The number of hydrogen-bond donors (Lipinski definition) is 0. The van der Waals surface area contributed by atoms with Crippen molar-refractivity contribution < 1.29 is 4.39 Å². The molecular formula is C13H12FNS2. The summed E-state index contributed by atoms with van der Waals surface area (Å²) in [5.74, 6) is -0.173. The highest BCUT2D eigenvalue weighted by Gasteiger charge is 2.17. The van der Waals surface area contributed by atoms with E-state index in [2.05, 4.69) is 15.8 Å². The molecule has 2 heterocycles. The Kier molecular flexibility index (Phi) is 3.18. The van der Waals surface area contributed by atoms with E-state index in [1.54, 1.807) is 11.9 Å². The molecule has 0 amide bonds. The van der Waals surface area contributed by atoms with E-state index < -0.39 is 0 Å². The third-order valence-electron chi connectivity index (χ3n) is 2.82. The molecule has 0 N–H and O–H groups in total. The van der Waals surface area contributed by atoms with Crippen molar-refractivity contribution in [2.75, 3.05) is 6.54 Å². The van der Waals surface area contributed by atoms with E-state index in [0.29, 0.717) is 0 Å². The van der Waals surface area contributed by atoms with Crippen LogP contribution in [0.15, 0.2) is 40.6 Å². The zero-order valence-electron chi connectivity index (χ0n) is 9.23. The van der Waals surface area contributed by atoms with Crippen molar-refractivity contribution in [2.24, 2.45) is 0 Å². The van der Waals surface area contributed by atoms with Crippen LogP contribution < -0.4 is 0 Å². The van der Waals surface area contributed by atoms with E-state index in [1.807, 2.05) is 23.5 Å². The molecule has 1 aliphatic rings. The van der Waals surface area contributed by atoms with Gasteiger partial charge < -0.3 is 0 Å². The maximum atomic E-state index is 12.8. The van der Waals surface area contributed by atoms with E-state index in [1.165, 1.54) is 22.6 Å². The highest BCUT2D eigenvalue weighted by molar-refractivity contribution is 7.97. The van der Waals surface area contributed by atoms with Gasteiger partial charge in [-0.05, 0) is 59.6 Å². The molecule has 88 valence electrons. The van der Waals surface area contributed by atoms with Crippen molar-refractivity contribution in [1.29, 1.82) is 0 Å². The first kappa shape index (κ1) is 11.3. The lowest BCUT2D eigenvalue weighted by Crippen LogP contribution is -2.23. The van der Waals surface area contributed by atoms with Crippen LogP contribution in [-0.2, 0) is 13.0 Å². The van der Waals surface area contributed by atoms with Gasteiger partial charge >= 0.3 is 0 Å². The minimum atomic E-state index is -0.173. The standard InChI is InChI=1S/C13H12FNS2/c14-11-1-3-12(4-2-11)17-15-7-5-13-10(9-15)6-8-16-13/h1-4,6,8H,5,7,9H2. The van der Waals surface area contributed by atoms with Crippen LogP contribution in [0.5, 0.6) is 0 Å². The fourth-order valence-electron chi connectivity index (χ4n) is 1.95. The first-order valence-electron chi connectivity index (χ1n) is 5.55. The third-order valence-corrected chi connectivity index (χ3v) is 4.90. The predicted molar refractivity (Wildman–Crippen MR) is 70.7 cm³/mol. The summed E-state index contributed by atoms with van der Waals surface area (Å²) in [5, 5.41) is 2.16. The van der Waals surface area contributed by atoms with Gasteiger partial charge in [-0.2, -0.15) is 0 Å². The Morgan fingerprint density at radius 1 is 1.18 bits per heavy atom. The summed E-state index contributed by atoms with van der Waals surface area (Å²) in [6.45, 7) is 2.05. The van der Waals surface area contributed by atoms with Gasteiger partial charge in [0.2, 0.25) is 0 Å². The Morgan fingerprint density at radius 2 is 2.00 bits per heavy atom. The molecule has 1 aromatic carbocycles. The molecular weight excluding hydrogens is 253 g/mol. The van der Waals surface area contributed by atoms with E-state index in [9.17, 15) is 4.39 Å². The molecule has 2 aromatic rings. The largest absolute Gasteiger partial charge is 0.242 e. The van der Waals surface area contributed by atoms with Crippen LogP contribution in [0.25, 0.3) is 0 Å². The molecule has 0 radical (unpaired) electrons. The summed E-state index contributed by atoms with van der Waals surface area (Å²) in [5.41, 5.74) is 1.44. The minimum Gasteiger partial charge on any atom is -0.242 e. The van der Waals surface area contributed by atoms with Crippen molar-refractivity contribution in [3.05, 3.63) is 52.0 Å². The van der Waals surface area contributed by atoms with E-state index >= 15 is 0 Å². The van der Waals surface area contributed by atoms with Gasteiger partial charge in [0.25, 0.3) is 0 Å². The SMILES string of the molecule is Fc1ccc(SN2CCc3sccc3C2)cc1. The zero-order valence-corrected chi connectivity index (χ0v) is 10.9. The first-order valence-corrected chi connectivity index (χ1v) is 7.20. The summed E-state index contributed by atoms with van der Waals surface area (Å²) in [4.78, 5) is 2.62. The number of benzene rings is 1. The number of rotatable bonds is 2. The normalized spacial score (nSPS) is 15.8. The summed E-state index contributed by atoms with van der Waals surface area (Å²) in [6, 6.07) is 8.91. The van der Waals surface area contributed by atoms with Gasteiger partial charge in [-0.3, -0.25) is 0 Å². The maximum Gasteiger partial charge on any atom is 0.123 e. The molecule has 1 nitrogen and oxygen atoms in total. The quantitative estimate of drug-likeness (QED) is 0.756. The molecule has 4 heteroatoms. The predicted octanol–water partition coefficient (Wildman–Crippen LogP) is 3.95.